The van der Waals surface area contributed by atoms with Crippen LogP contribution in [0.1, 0.15) is 19.4 Å². The molecule has 2 aromatic rings. The Labute approximate surface area is 135 Å². The van der Waals surface area contributed by atoms with Crippen LogP contribution in [-0.4, -0.2) is 11.5 Å². The first-order chi connectivity index (χ1) is 10.1. The maximum absolute atomic E-state index is 5.99. The van der Waals surface area contributed by atoms with Gasteiger partial charge in [-0.2, -0.15) is 0 Å². The number of benzene rings is 1. The number of aromatic nitrogens is 1. The molecule has 0 unspecified atom stereocenters. The van der Waals surface area contributed by atoms with Gasteiger partial charge in [-0.1, -0.05) is 43.1 Å². The zero-order chi connectivity index (χ0) is 15.2. The molecule has 112 valence electrons. The fraction of sp³-hybridized carbons (Fsp3) is 0.312. The lowest BCUT2D eigenvalue weighted by Crippen LogP contribution is -2.19. The second-order valence-corrected chi connectivity index (χ2v) is 5.98. The molecule has 0 radical (unpaired) electrons. The van der Waals surface area contributed by atoms with Crippen molar-refractivity contribution < 1.29 is 4.74 Å². The van der Waals surface area contributed by atoms with E-state index in [2.05, 4.69) is 24.1 Å². The molecule has 0 bridgehead atoms. The minimum atomic E-state index is 0.463. The normalized spacial score (nSPS) is 10.9. The zero-order valence-corrected chi connectivity index (χ0v) is 13.6. The Hall–Kier alpha value is -1.29. The van der Waals surface area contributed by atoms with Crippen molar-refractivity contribution in [3.8, 4) is 11.6 Å². The molecule has 0 aliphatic rings. The van der Waals surface area contributed by atoms with Gasteiger partial charge < -0.3 is 10.1 Å². The summed E-state index contributed by atoms with van der Waals surface area (Å²) in [5.74, 6) is 1.79. The molecule has 0 saturated heterocycles. The van der Waals surface area contributed by atoms with Crippen molar-refractivity contribution in [3.63, 3.8) is 0 Å². The van der Waals surface area contributed by atoms with E-state index in [4.69, 9.17) is 27.9 Å². The largest absolute Gasteiger partial charge is 0.439 e. The van der Waals surface area contributed by atoms with Crippen molar-refractivity contribution in [2.45, 2.75) is 20.4 Å². The van der Waals surface area contributed by atoms with Gasteiger partial charge in [0.15, 0.2) is 0 Å². The fourth-order valence-corrected chi connectivity index (χ4v) is 2.09. The maximum Gasteiger partial charge on any atom is 0.223 e. The van der Waals surface area contributed by atoms with Crippen LogP contribution in [0.5, 0.6) is 11.6 Å². The van der Waals surface area contributed by atoms with Crippen molar-refractivity contribution in [3.05, 3.63) is 52.1 Å². The van der Waals surface area contributed by atoms with Crippen LogP contribution in [0, 0.1) is 5.92 Å². The molecule has 0 aliphatic carbocycles. The molecule has 0 saturated carbocycles. The summed E-state index contributed by atoms with van der Waals surface area (Å²) in [7, 11) is 0. The molecule has 0 spiro atoms. The standard InChI is InChI=1S/C16H18Cl2N2O/c1-11(2)9-19-10-12-4-3-7-20-16(12)21-13-5-6-14(17)15(18)8-13/h3-8,11,19H,9-10H2,1-2H3. The van der Waals surface area contributed by atoms with Gasteiger partial charge in [0.1, 0.15) is 5.75 Å². The van der Waals surface area contributed by atoms with Gasteiger partial charge in [0.2, 0.25) is 5.88 Å². The molecule has 5 heteroatoms. The van der Waals surface area contributed by atoms with Gasteiger partial charge in [-0.05, 0) is 30.7 Å². The third-order valence-corrected chi connectivity index (χ3v) is 3.56. The molecular weight excluding hydrogens is 307 g/mol. The molecular formula is C16H18Cl2N2O. The maximum atomic E-state index is 5.99. The number of rotatable bonds is 6. The van der Waals surface area contributed by atoms with Gasteiger partial charge in [-0.3, -0.25) is 0 Å². The summed E-state index contributed by atoms with van der Waals surface area (Å²) in [5, 5.41) is 4.35. The smallest absolute Gasteiger partial charge is 0.223 e. The minimum Gasteiger partial charge on any atom is -0.439 e. The van der Waals surface area contributed by atoms with Gasteiger partial charge in [0, 0.05) is 24.4 Å². The van der Waals surface area contributed by atoms with Crippen LogP contribution in [-0.2, 0) is 6.54 Å². The van der Waals surface area contributed by atoms with E-state index in [0.717, 1.165) is 12.1 Å². The number of hydrogen-bond donors (Lipinski definition) is 1. The molecule has 1 N–H and O–H groups in total. The molecule has 0 aliphatic heterocycles. The van der Waals surface area contributed by atoms with Crippen LogP contribution >= 0.6 is 23.2 Å². The van der Waals surface area contributed by atoms with Gasteiger partial charge >= 0.3 is 0 Å². The quantitative estimate of drug-likeness (QED) is 0.818. The summed E-state index contributed by atoms with van der Waals surface area (Å²) in [4.78, 5) is 4.29. The lowest BCUT2D eigenvalue weighted by atomic mass is 10.2. The first-order valence-electron chi connectivity index (χ1n) is 6.84. The van der Waals surface area contributed by atoms with E-state index in [-0.39, 0.29) is 0 Å². The molecule has 3 nitrogen and oxygen atoms in total. The lowest BCUT2D eigenvalue weighted by Gasteiger charge is -2.12. The van der Waals surface area contributed by atoms with Gasteiger partial charge in [-0.25, -0.2) is 4.98 Å². The Morgan fingerprint density at radius 3 is 2.71 bits per heavy atom. The van der Waals surface area contributed by atoms with Crippen molar-refractivity contribution in [2.24, 2.45) is 5.92 Å². The molecule has 1 aromatic heterocycles. The first kappa shape index (κ1) is 16.1. The Bertz CT molecular complexity index is 603. The average molecular weight is 325 g/mol. The number of pyridine rings is 1. The highest BCUT2D eigenvalue weighted by Gasteiger charge is 2.07. The highest BCUT2D eigenvalue weighted by Crippen LogP contribution is 2.29. The van der Waals surface area contributed by atoms with Gasteiger partial charge in [0.05, 0.1) is 10.0 Å². The second-order valence-electron chi connectivity index (χ2n) is 5.17. The van der Waals surface area contributed by atoms with E-state index < -0.39 is 0 Å². The summed E-state index contributed by atoms with van der Waals surface area (Å²) < 4.78 is 5.81. The summed E-state index contributed by atoms with van der Waals surface area (Å²) in [6.07, 6.45) is 1.71. The second kappa shape index (κ2) is 7.64. The number of hydrogen-bond acceptors (Lipinski definition) is 3. The highest BCUT2D eigenvalue weighted by atomic mass is 35.5. The topological polar surface area (TPSA) is 34.2 Å². The Morgan fingerprint density at radius 1 is 1.19 bits per heavy atom. The molecule has 0 amide bonds. The zero-order valence-electron chi connectivity index (χ0n) is 12.1. The van der Waals surface area contributed by atoms with Crippen LogP contribution in [0.15, 0.2) is 36.5 Å². The van der Waals surface area contributed by atoms with Gasteiger partial charge in [-0.15, -0.1) is 0 Å². The van der Waals surface area contributed by atoms with E-state index in [9.17, 15) is 0 Å². The van der Waals surface area contributed by atoms with Crippen LogP contribution in [0.3, 0.4) is 0 Å². The minimum absolute atomic E-state index is 0.463. The summed E-state index contributed by atoms with van der Waals surface area (Å²) in [5.41, 5.74) is 1.00. The Balaban J connectivity index is 2.10. The van der Waals surface area contributed by atoms with E-state index in [0.29, 0.717) is 34.1 Å². The predicted octanol–water partition coefficient (Wildman–Crippen LogP) is 4.93. The summed E-state index contributed by atoms with van der Waals surface area (Å²) in [6.45, 7) is 6.00. The third-order valence-electron chi connectivity index (χ3n) is 2.82. The van der Waals surface area contributed by atoms with Gasteiger partial charge in [0.25, 0.3) is 0 Å². The van der Waals surface area contributed by atoms with Crippen molar-refractivity contribution in [1.29, 1.82) is 0 Å². The van der Waals surface area contributed by atoms with Crippen LogP contribution < -0.4 is 10.1 Å². The van der Waals surface area contributed by atoms with Crippen LogP contribution in [0.25, 0.3) is 0 Å². The van der Waals surface area contributed by atoms with Crippen molar-refractivity contribution in [2.75, 3.05) is 6.54 Å². The molecule has 0 atom stereocenters. The lowest BCUT2D eigenvalue weighted by molar-refractivity contribution is 0.450. The fourth-order valence-electron chi connectivity index (χ4n) is 1.80. The Morgan fingerprint density at radius 2 is 2.00 bits per heavy atom. The van der Waals surface area contributed by atoms with Crippen molar-refractivity contribution >= 4 is 23.2 Å². The molecule has 1 heterocycles. The molecule has 2 rings (SSSR count). The number of nitrogens with zero attached hydrogens (tertiary/aromatic N) is 1. The summed E-state index contributed by atoms with van der Waals surface area (Å²) >= 11 is 11.9. The van der Waals surface area contributed by atoms with E-state index >= 15 is 0 Å². The van der Waals surface area contributed by atoms with Crippen LogP contribution in [0.4, 0.5) is 0 Å². The molecule has 21 heavy (non-hydrogen) atoms. The number of ether oxygens (including phenoxy) is 1. The molecule has 0 fully saturated rings. The molecule has 1 aromatic carbocycles. The first-order valence-corrected chi connectivity index (χ1v) is 7.59. The van der Waals surface area contributed by atoms with Crippen molar-refractivity contribution in [1.82, 2.24) is 10.3 Å². The van der Waals surface area contributed by atoms with Crippen LogP contribution in [0.2, 0.25) is 10.0 Å². The predicted molar refractivity (Wildman–Crippen MR) is 87.3 cm³/mol. The SMILES string of the molecule is CC(C)CNCc1cccnc1Oc1ccc(Cl)c(Cl)c1. The van der Waals surface area contributed by atoms with E-state index in [1.165, 1.54) is 0 Å². The Kier molecular flexibility index (Phi) is 5.85. The monoisotopic (exact) mass is 324 g/mol. The average Bonchev–Trinajstić information content (AvgIpc) is 2.44. The van der Waals surface area contributed by atoms with E-state index in [1.54, 1.807) is 24.4 Å². The summed E-state index contributed by atoms with van der Waals surface area (Å²) in [6, 6.07) is 9.05. The van der Waals surface area contributed by atoms with E-state index in [1.807, 2.05) is 12.1 Å². The third kappa shape index (κ3) is 4.88. The number of halogens is 2. The highest BCUT2D eigenvalue weighted by molar-refractivity contribution is 6.42. The number of nitrogens with one attached hydrogen (secondary N) is 1.